The van der Waals surface area contributed by atoms with Crippen molar-refractivity contribution in [3.63, 3.8) is 0 Å². The number of carbonyl (C=O) groups is 2. The van der Waals surface area contributed by atoms with E-state index in [9.17, 15) is 9.59 Å². The van der Waals surface area contributed by atoms with Crippen LogP contribution in [0.2, 0.25) is 0 Å². The van der Waals surface area contributed by atoms with Crippen LogP contribution in [0, 0.1) is 0 Å². The molecule has 2 saturated heterocycles. The highest BCUT2D eigenvalue weighted by Gasteiger charge is 2.63. The minimum atomic E-state index is -0.461. The molecule has 0 unspecified atom stereocenters. The number of likely N-dealkylation sites (N-methyl/N-ethyl adjacent to an activating group) is 1. The number of fused-ring (bicyclic) bond motifs is 6. The summed E-state index contributed by atoms with van der Waals surface area (Å²) < 4.78 is 0. The van der Waals surface area contributed by atoms with Crippen molar-refractivity contribution in [2.24, 2.45) is 0 Å². The molecule has 3 aliphatic heterocycles. The van der Waals surface area contributed by atoms with Crippen LogP contribution < -0.4 is 5.32 Å². The number of benzene rings is 2. The van der Waals surface area contributed by atoms with Gasteiger partial charge in [-0.1, -0.05) is 36.4 Å². The predicted molar refractivity (Wildman–Crippen MR) is 106 cm³/mol. The molecule has 3 aromatic rings. The zero-order valence-corrected chi connectivity index (χ0v) is 15.5. The van der Waals surface area contributed by atoms with Gasteiger partial charge in [0.2, 0.25) is 11.8 Å². The predicted octanol–water partition coefficient (Wildman–Crippen LogP) is 2.28. The summed E-state index contributed by atoms with van der Waals surface area (Å²) in [5.74, 6) is 0.0200. The van der Waals surface area contributed by atoms with Gasteiger partial charge in [-0.25, -0.2) is 0 Å². The van der Waals surface area contributed by atoms with Gasteiger partial charge in [-0.3, -0.25) is 9.59 Å². The van der Waals surface area contributed by atoms with Gasteiger partial charge < -0.3 is 20.1 Å². The van der Waals surface area contributed by atoms with Gasteiger partial charge in [0.05, 0.1) is 12.0 Å². The SMILES string of the molecule is CN1CC(=O)N2[C@H]3Nc4ccccc4[C@@]3(c3c[nH]c4ccccc34)C[C@H]2C1=O. The Morgan fingerprint density at radius 2 is 1.82 bits per heavy atom. The van der Waals surface area contributed by atoms with Gasteiger partial charge in [-0.15, -0.1) is 0 Å². The van der Waals surface area contributed by atoms with Crippen molar-refractivity contribution >= 4 is 28.4 Å². The summed E-state index contributed by atoms with van der Waals surface area (Å²) in [6.45, 7) is 0.133. The van der Waals surface area contributed by atoms with Crippen LogP contribution in [-0.4, -0.2) is 52.4 Å². The summed E-state index contributed by atoms with van der Waals surface area (Å²) in [6.07, 6.45) is 2.37. The number of hydrogen-bond donors (Lipinski definition) is 2. The highest BCUT2D eigenvalue weighted by molar-refractivity contribution is 5.98. The fourth-order valence-corrected chi connectivity index (χ4v) is 5.51. The molecule has 2 fully saturated rings. The average molecular weight is 372 g/mol. The molecule has 3 atom stereocenters. The molecule has 2 N–H and O–H groups in total. The number of H-pyrrole nitrogens is 1. The van der Waals surface area contributed by atoms with Gasteiger partial charge in [0.25, 0.3) is 0 Å². The molecule has 6 heteroatoms. The second kappa shape index (κ2) is 5.16. The zero-order chi connectivity index (χ0) is 19.0. The van der Waals surface area contributed by atoms with E-state index in [0.717, 1.165) is 27.7 Å². The van der Waals surface area contributed by atoms with Crippen molar-refractivity contribution in [2.75, 3.05) is 18.9 Å². The molecule has 0 bridgehead atoms. The maximum atomic E-state index is 13.0. The number of hydrogen-bond acceptors (Lipinski definition) is 3. The average Bonchev–Trinajstić information content (AvgIpc) is 3.35. The number of para-hydroxylation sites is 2. The van der Waals surface area contributed by atoms with E-state index in [0.29, 0.717) is 6.42 Å². The number of aromatic amines is 1. The van der Waals surface area contributed by atoms with E-state index in [1.807, 2.05) is 24.3 Å². The van der Waals surface area contributed by atoms with Gasteiger partial charge in [-0.05, 0) is 29.7 Å². The van der Waals surface area contributed by atoms with Crippen molar-refractivity contribution in [1.29, 1.82) is 0 Å². The largest absolute Gasteiger partial charge is 0.364 e. The summed E-state index contributed by atoms with van der Waals surface area (Å²) in [5, 5.41) is 4.71. The van der Waals surface area contributed by atoms with E-state index < -0.39 is 11.5 Å². The van der Waals surface area contributed by atoms with Crippen LogP contribution in [0.4, 0.5) is 5.69 Å². The molecule has 2 amide bonds. The molecule has 4 heterocycles. The second-order valence-electron chi connectivity index (χ2n) is 8.03. The van der Waals surface area contributed by atoms with E-state index in [1.165, 1.54) is 0 Å². The minimum Gasteiger partial charge on any atom is -0.364 e. The number of anilines is 1. The first-order chi connectivity index (χ1) is 13.6. The molecule has 2 aromatic carbocycles. The minimum absolute atomic E-state index is 0.000813. The van der Waals surface area contributed by atoms with Gasteiger partial charge >= 0.3 is 0 Å². The van der Waals surface area contributed by atoms with Crippen LogP contribution >= 0.6 is 0 Å². The molecule has 28 heavy (non-hydrogen) atoms. The number of aromatic nitrogens is 1. The first-order valence-corrected chi connectivity index (χ1v) is 9.60. The van der Waals surface area contributed by atoms with E-state index >= 15 is 0 Å². The third kappa shape index (κ3) is 1.73. The van der Waals surface area contributed by atoms with Crippen molar-refractivity contribution < 1.29 is 9.59 Å². The Balaban J connectivity index is 1.64. The Kier molecular flexibility index (Phi) is 2.90. The van der Waals surface area contributed by atoms with Gasteiger partial charge in [-0.2, -0.15) is 0 Å². The number of carbonyl (C=O) groups excluding carboxylic acids is 2. The third-order valence-electron chi connectivity index (χ3n) is 6.69. The van der Waals surface area contributed by atoms with E-state index in [4.69, 9.17) is 0 Å². The van der Waals surface area contributed by atoms with Crippen LogP contribution in [0.3, 0.4) is 0 Å². The van der Waals surface area contributed by atoms with Crippen LogP contribution in [0.1, 0.15) is 17.5 Å². The van der Waals surface area contributed by atoms with Crippen LogP contribution in [0.25, 0.3) is 10.9 Å². The van der Waals surface area contributed by atoms with Crippen LogP contribution in [-0.2, 0) is 15.0 Å². The lowest BCUT2D eigenvalue weighted by Crippen LogP contribution is -2.59. The Morgan fingerprint density at radius 3 is 2.71 bits per heavy atom. The summed E-state index contributed by atoms with van der Waals surface area (Å²) in [5.41, 5.74) is 3.94. The van der Waals surface area contributed by atoms with Crippen LogP contribution in [0.15, 0.2) is 54.7 Å². The van der Waals surface area contributed by atoms with Gasteiger partial charge in [0, 0.05) is 29.8 Å². The Labute approximate surface area is 162 Å². The van der Waals surface area contributed by atoms with E-state index in [1.54, 1.807) is 16.8 Å². The number of rotatable bonds is 1. The Bertz CT molecular complexity index is 1150. The zero-order valence-electron chi connectivity index (χ0n) is 15.5. The highest BCUT2D eigenvalue weighted by atomic mass is 16.2. The standard InChI is InChI=1S/C22H20N4O2/c1-25-12-19(27)26-18(20(25)28)10-22(14-7-3-5-9-17(14)24-21(22)26)15-11-23-16-8-4-2-6-13(15)16/h2-9,11,18,21,23-24H,10,12H2,1H3/t18-,21+,22+/m0/s1. The molecular formula is C22H20N4O2. The molecule has 140 valence electrons. The smallest absolute Gasteiger partial charge is 0.245 e. The molecule has 0 aliphatic carbocycles. The monoisotopic (exact) mass is 372 g/mol. The summed E-state index contributed by atoms with van der Waals surface area (Å²) in [6, 6.07) is 16.0. The Morgan fingerprint density at radius 1 is 1.04 bits per heavy atom. The second-order valence-corrected chi connectivity index (χ2v) is 8.03. The molecule has 0 radical (unpaired) electrons. The number of piperazine rings is 1. The Hall–Kier alpha value is -3.28. The van der Waals surface area contributed by atoms with Crippen molar-refractivity contribution in [3.05, 3.63) is 65.9 Å². The summed E-state index contributed by atoms with van der Waals surface area (Å²) in [7, 11) is 1.71. The quantitative estimate of drug-likeness (QED) is 0.689. The number of nitrogens with zero attached hydrogens (tertiary/aromatic N) is 2. The lowest BCUT2D eigenvalue weighted by molar-refractivity contribution is -0.153. The molecular weight excluding hydrogens is 352 g/mol. The maximum absolute atomic E-state index is 13.0. The molecule has 6 rings (SSSR count). The molecule has 1 aromatic heterocycles. The fraction of sp³-hybridized carbons (Fsp3) is 0.273. The normalized spacial score (nSPS) is 28.3. The topological polar surface area (TPSA) is 68.4 Å². The van der Waals surface area contributed by atoms with Crippen molar-refractivity contribution in [3.8, 4) is 0 Å². The van der Waals surface area contributed by atoms with Crippen LogP contribution in [0.5, 0.6) is 0 Å². The molecule has 6 nitrogen and oxygen atoms in total. The van der Waals surface area contributed by atoms with Gasteiger partial charge in [0.15, 0.2) is 0 Å². The first kappa shape index (κ1) is 15.7. The maximum Gasteiger partial charge on any atom is 0.245 e. The molecule has 0 spiro atoms. The first-order valence-electron chi connectivity index (χ1n) is 9.60. The van der Waals surface area contributed by atoms with E-state index in [-0.39, 0.29) is 24.5 Å². The van der Waals surface area contributed by atoms with Crippen molar-refractivity contribution in [1.82, 2.24) is 14.8 Å². The number of nitrogens with one attached hydrogen (secondary N) is 2. The lowest BCUT2D eigenvalue weighted by atomic mass is 9.72. The summed E-state index contributed by atoms with van der Waals surface area (Å²) >= 11 is 0. The third-order valence-corrected chi connectivity index (χ3v) is 6.69. The lowest BCUT2D eigenvalue weighted by Gasteiger charge is -2.38. The van der Waals surface area contributed by atoms with E-state index in [2.05, 4.69) is 40.8 Å². The van der Waals surface area contributed by atoms with Gasteiger partial charge in [0.1, 0.15) is 12.2 Å². The summed E-state index contributed by atoms with van der Waals surface area (Å²) in [4.78, 5) is 32.7. The fourth-order valence-electron chi connectivity index (χ4n) is 5.51. The highest BCUT2D eigenvalue weighted by Crippen LogP contribution is 2.56. The van der Waals surface area contributed by atoms with Crippen molar-refractivity contribution in [2.45, 2.75) is 24.0 Å². The molecule has 0 saturated carbocycles. The number of amides is 2. The molecule has 3 aliphatic rings.